The van der Waals surface area contributed by atoms with E-state index in [1.165, 1.54) is 16.7 Å². The van der Waals surface area contributed by atoms with E-state index in [2.05, 4.69) is 5.32 Å². The molecule has 2 unspecified atom stereocenters. The molecule has 2 N–H and O–H groups in total. The van der Waals surface area contributed by atoms with E-state index in [0.717, 1.165) is 0 Å². The highest BCUT2D eigenvalue weighted by Gasteiger charge is 2.36. The van der Waals surface area contributed by atoms with Crippen molar-refractivity contribution >= 4 is 23.8 Å². The number of amides is 4. The van der Waals surface area contributed by atoms with E-state index >= 15 is 0 Å². The normalized spacial score (nSPS) is 23.8. The molecular formula is C14H22N4O6. The van der Waals surface area contributed by atoms with Gasteiger partial charge >= 0.3 is 12.0 Å². The number of carbonyl (C=O) groups excluding carboxylic acids is 3. The van der Waals surface area contributed by atoms with Crippen LogP contribution < -0.4 is 5.32 Å². The average Bonchev–Trinajstić information content (AvgIpc) is 2.85. The van der Waals surface area contributed by atoms with Gasteiger partial charge in [0.05, 0.1) is 19.3 Å². The lowest BCUT2D eigenvalue weighted by Crippen LogP contribution is -2.55. The van der Waals surface area contributed by atoms with E-state index in [1.54, 1.807) is 11.9 Å². The fourth-order valence-corrected chi connectivity index (χ4v) is 2.77. The third-order valence-corrected chi connectivity index (χ3v) is 4.04. The van der Waals surface area contributed by atoms with Crippen LogP contribution in [0.4, 0.5) is 4.79 Å². The topological polar surface area (TPSA) is 119 Å². The van der Waals surface area contributed by atoms with Gasteiger partial charge in [-0.1, -0.05) is 0 Å². The number of morpholine rings is 1. The second-order valence-electron chi connectivity index (χ2n) is 5.95. The summed E-state index contributed by atoms with van der Waals surface area (Å²) < 4.78 is 5.55. The second kappa shape index (κ2) is 7.47. The van der Waals surface area contributed by atoms with Gasteiger partial charge in [0.1, 0.15) is 12.6 Å². The smallest absolute Gasteiger partial charge is 0.323 e. The maximum absolute atomic E-state index is 12.5. The van der Waals surface area contributed by atoms with Crippen molar-refractivity contribution in [3.63, 3.8) is 0 Å². The lowest BCUT2D eigenvalue weighted by atomic mass is 10.2. The molecule has 10 heteroatoms. The number of hydrogen-bond acceptors (Lipinski definition) is 5. The van der Waals surface area contributed by atoms with Crippen LogP contribution in [-0.2, 0) is 19.1 Å². The molecule has 0 aromatic heterocycles. The largest absolute Gasteiger partial charge is 0.480 e. The second-order valence-corrected chi connectivity index (χ2v) is 5.95. The molecule has 2 heterocycles. The van der Waals surface area contributed by atoms with Crippen LogP contribution in [0.2, 0.25) is 0 Å². The Hall–Kier alpha value is -2.36. The third kappa shape index (κ3) is 4.34. The van der Waals surface area contributed by atoms with Crippen LogP contribution in [0.25, 0.3) is 0 Å². The molecule has 0 radical (unpaired) electrons. The first-order chi connectivity index (χ1) is 11.3. The number of ether oxygens (including phenoxy) is 1. The molecule has 0 saturated carbocycles. The molecule has 2 fully saturated rings. The Morgan fingerprint density at radius 1 is 1.38 bits per heavy atom. The highest BCUT2D eigenvalue weighted by Crippen LogP contribution is 2.11. The van der Waals surface area contributed by atoms with Gasteiger partial charge in [-0.25, -0.2) is 4.79 Å². The first-order valence-corrected chi connectivity index (χ1v) is 7.67. The van der Waals surface area contributed by atoms with Crippen molar-refractivity contribution in [1.82, 2.24) is 20.0 Å². The number of nitrogens with zero attached hydrogens (tertiary/aromatic N) is 3. The van der Waals surface area contributed by atoms with Crippen molar-refractivity contribution in [3.8, 4) is 0 Å². The molecule has 2 saturated heterocycles. The summed E-state index contributed by atoms with van der Waals surface area (Å²) in [6.07, 6.45) is -0.458. The molecule has 24 heavy (non-hydrogen) atoms. The van der Waals surface area contributed by atoms with E-state index in [0.29, 0.717) is 19.7 Å². The zero-order chi connectivity index (χ0) is 17.9. The van der Waals surface area contributed by atoms with Crippen molar-refractivity contribution in [2.45, 2.75) is 19.1 Å². The van der Waals surface area contributed by atoms with Crippen LogP contribution in [-0.4, -0.2) is 102 Å². The molecule has 2 aliphatic rings. The van der Waals surface area contributed by atoms with E-state index in [9.17, 15) is 19.2 Å². The Bertz CT molecular complexity index is 539. The predicted molar refractivity (Wildman–Crippen MR) is 81.2 cm³/mol. The van der Waals surface area contributed by atoms with E-state index < -0.39 is 24.7 Å². The van der Waals surface area contributed by atoms with E-state index in [1.807, 2.05) is 0 Å². The number of nitrogens with one attached hydrogen (secondary N) is 1. The van der Waals surface area contributed by atoms with Gasteiger partial charge in [0.15, 0.2) is 0 Å². The van der Waals surface area contributed by atoms with Crippen molar-refractivity contribution in [1.29, 1.82) is 0 Å². The van der Waals surface area contributed by atoms with Crippen LogP contribution >= 0.6 is 0 Å². The summed E-state index contributed by atoms with van der Waals surface area (Å²) in [6, 6.07) is -0.883. The zero-order valence-corrected chi connectivity index (χ0v) is 13.7. The summed E-state index contributed by atoms with van der Waals surface area (Å²) in [5.41, 5.74) is 0. The number of rotatable bonds is 5. The Labute approximate surface area is 139 Å². The number of hydrogen-bond donors (Lipinski definition) is 2. The maximum atomic E-state index is 12.5. The quantitative estimate of drug-likeness (QED) is 0.607. The Kier molecular flexibility index (Phi) is 5.60. The van der Waals surface area contributed by atoms with Gasteiger partial charge in [0, 0.05) is 33.6 Å². The number of carbonyl (C=O) groups is 4. The molecule has 0 spiro atoms. The summed E-state index contributed by atoms with van der Waals surface area (Å²) in [5.74, 6) is -1.67. The summed E-state index contributed by atoms with van der Waals surface area (Å²) >= 11 is 0. The minimum Gasteiger partial charge on any atom is -0.480 e. The standard InChI is InChI=1S/C14H22N4O6/c1-9(19)18(8-12(20)21)6-10-5-17(3-4-24-10)13(22)11-7-16(2)14(23)15-11/h10-11H,3-8H2,1-2H3,(H,15,23)(H,20,21). The fourth-order valence-electron chi connectivity index (χ4n) is 2.77. The summed E-state index contributed by atoms with van der Waals surface area (Å²) in [5, 5.41) is 11.5. The predicted octanol–water partition coefficient (Wildman–Crippen LogP) is -1.83. The Balaban J connectivity index is 1.93. The summed E-state index contributed by atoms with van der Waals surface area (Å²) in [6.45, 7) is 2.22. The molecule has 0 aromatic carbocycles. The molecule has 2 atom stereocenters. The third-order valence-electron chi connectivity index (χ3n) is 4.04. The molecule has 0 aliphatic carbocycles. The van der Waals surface area contributed by atoms with Gasteiger partial charge in [-0.05, 0) is 0 Å². The minimum absolute atomic E-state index is 0.0995. The van der Waals surface area contributed by atoms with Gasteiger partial charge in [0.25, 0.3) is 0 Å². The summed E-state index contributed by atoms with van der Waals surface area (Å²) in [4.78, 5) is 50.5. The highest BCUT2D eigenvalue weighted by atomic mass is 16.5. The van der Waals surface area contributed by atoms with E-state index in [-0.39, 0.29) is 30.9 Å². The van der Waals surface area contributed by atoms with Crippen LogP contribution in [0, 0.1) is 0 Å². The first-order valence-electron chi connectivity index (χ1n) is 7.67. The molecule has 2 aliphatic heterocycles. The molecular weight excluding hydrogens is 320 g/mol. The first kappa shape index (κ1) is 18.0. The van der Waals surface area contributed by atoms with Crippen LogP contribution in [0.5, 0.6) is 0 Å². The van der Waals surface area contributed by atoms with Crippen molar-refractivity contribution in [2.75, 3.05) is 46.4 Å². The average molecular weight is 342 g/mol. The lowest BCUT2D eigenvalue weighted by molar-refractivity contribution is -0.148. The van der Waals surface area contributed by atoms with Gasteiger partial charge in [0.2, 0.25) is 11.8 Å². The van der Waals surface area contributed by atoms with Crippen LogP contribution in [0.1, 0.15) is 6.92 Å². The number of likely N-dealkylation sites (N-methyl/N-ethyl adjacent to an activating group) is 1. The monoisotopic (exact) mass is 342 g/mol. The van der Waals surface area contributed by atoms with Gasteiger partial charge < -0.3 is 29.9 Å². The molecule has 4 amide bonds. The Morgan fingerprint density at radius 2 is 2.08 bits per heavy atom. The molecule has 134 valence electrons. The molecule has 2 rings (SSSR count). The van der Waals surface area contributed by atoms with Crippen molar-refractivity contribution < 1.29 is 29.0 Å². The van der Waals surface area contributed by atoms with Gasteiger partial charge in [-0.3, -0.25) is 14.4 Å². The van der Waals surface area contributed by atoms with Crippen molar-refractivity contribution in [2.24, 2.45) is 0 Å². The minimum atomic E-state index is -1.11. The van der Waals surface area contributed by atoms with Gasteiger partial charge in [-0.2, -0.15) is 0 Å². The van der Waals surface area contributed by atoms with E-state index in [4.69, 9.17) is 9.84 Å². The molecule has 0 bridgehead atoms. The van der Waals surface area contributed by atoms with Gasteiger partial charge in [-0.15, -0.1) is 0 Å². The summed E-state index contributed by atoms with van der Waals surface area (Å²) in [7, 11) is 1.61. The zero-order valence-electron chi connectivity index (χ0n) is 13.7. The number of carboxylic acid groups (broad SMARTS) is 1. The van der Waals surface area contributed by atoms with Crippen molar-refractivity contribution in [3.05, 3.63) is 0 Å². The number of urea groups is 1. The highest BCUT2D eigenvalue weighted by molar-refractivity contribution is 5.90. The fraction of sp³-hybridized carbons (Fsp3) is 0.714. The Morgan fingerprint density at radius 3 is 2.62 bits per heavy atom. The molecule has 10 nitrogen and oxygen atoms in total. The number of aliphatic carboxylic acids is 1. The maximum Gasteiger partial charge on any atom is 0.323 e. The molecule has 0 aromatic rings. The lowest BCUT2D eigenvalue weighted by Gasteiger charge is -2.36. The SMILES string of the molecule is CC(=O)N(CC(=O)O)CC1CN(C(=O)C2CN(C)C(=O)N2)CCO1. The van der Waals surface area contributed by atoms with Crippen LogP contribution in [0.3, 0.4) is 0 Å². The van der Waals surface area contributed by atoms with Crippen LogP contribution in [0.15, 0.2) is 0 Å². The number of carboxylic acids is 1.